The molecular formula is C16H15FN4O2S. The lowest BCUT2D eigenvalue weighted by Gasteiger charge is -2.06. The number of hydrogen-bond donors (Lipinski definition) is 1. The SMILES string of the molecule is Oc1ccc(-n2nnnc2SCCCOc2ccc(F)cc2)cc1. The van der Waals surface area contributed by atoms with E-state index < -0.39 is 0 Å². The highest BCUT2D eigenvalue weighted by Gasteiger charge is 2.08. The van der Waals surface area contributed by atoms with Crippen LogP contribution in [0.2, 0.25) is 0 Å². The number of phenols is 1. The molecule has 24 heavy (non-hydrogen) atoms. The van der Waals surface area contributed by atoms with Crippen molar-refractivity contribution in [2.75, 3.05) is 12.4 Å². The molecule has 0 amide bonds. The molecule has 0 saturated heterocycles. The molecule has 0 aliphatic carbocycles. The van der Waals surface area contributed by atoms with Crippen LogP contribution >= 0.6 is 11.8 Å². The molecule has 0 spiro atoms. The van der Waals surface area contributed by atoms with Crippen LogP contribution in [0.4, 0.5) is 4.39 Å². The van der Waals surface area contributed by atoms with Gasteiger partial charge in [-0.25, -0.2) is 4.39 Å². The van der Waals surface area contributed by atoms with Crippen molar-refractivity contribution in [2.45, 2.75) is 11.6 Å². The number of benzene rings is 2. The molecule has 124 valence electrons. The number of tetrazole rings is 1. The zero-order valence-electron chi connectivity index (χ0n) is 12.7. The second kappa shape index (κ2) is 7.78. The Balaban J connectivity index is 1.48. The van der Waals surface area contributed by atoms with Crippen molar-refractivity contribution >= 4 is 11.8 Å². The van der Waals surface area contributed by atoms with Gasteiger partial charge in [-0.3, -0.25) is 0 Å². The predicted molar refractivity (Wildman–Crippen MR) is 88.1 cm³/mol. The average molecular weight is 346 g/mol. The summed E-state index contributed by atoms with van der Waals surface area (Å²) in [5.74, 6) is 1.34. The van der Waals surface area contributed by atoms with Crippen LogP contribution in [0.3, 0.4) is 0 Å². The van der Waals surface area contributed by atoms with E-state index in [1.54, 1.807) is 41.1 Å². The second-order valence-electron chi connectivity index (χ2n) is 4.89. The third kappa shape index (κ3) is 4.23. The Morgan fingerprint density at radius 1 is 1.08 bits per heavy atom. The lowest BCUT2D eigenvalue weighted by molar-refractivity contribution is 0.318. The molecule has 3 aromatic rings. The van der Waals surface area contributed by atoms with Crippen LogP contribution in [0.5, 0.6) is 11.5 Å². The fourth-order valence-electron chi connectivity index (χ4n) is 1.97. The van der Waals surface area contributed by atoms with Crippen LogP contribution < -0.4 is 4.74 Å². The summed E-state index contributed by atoms with van der Waals surface area (Å²) >= 11 is 1.51. The highest BCUT2D eigenvalue weighted by molar-refractivity contribution is 7.99. The van der Waals surface area contributed by atoms with Gasteiger partial charge < -0.3 is 9.84 Å². The molecular weight excluding hydrogens is 331 g/mol. The summed E-state index contributed by atoms with van der Waals surface area (Å²) in [6.45, 7) is 0.527. The summed E-state index contributed by atoms with van der Waals surface area (Å²) in [5.41, 5.74) is 0.780. The fourth-order valence-corrected chi connectivity index (χ4v) is 2.77. The molecule has 0 saturated carbocycles. The number of phenolic OH excluding ortho intramolecular Hbond substituents is 1. The monoisotopic (exact) mass is 346 g/mol. The van der Waals surface area contributed by atoms with Crippen LogP contribution in [-0.2, 0) is 0 Å². The van der Waals surface area contributed by atoms with Gasteiger partial charge in [0.1, 0.15) is 17.3 Å². The number of aromatic hydroxyl groups is 1. The summed E-state index contributed by atoms with van der Waals surface area (Å²) in [5, 5.41) is 21.6. The van der Waals surface area contributed by atoms with E-state index >= 15 is 0 Å². The molecule has 2 aromatic carbocycles. The molecule has 6 nitrogen and oxygen atoms in total. The van der Waals surface area contributed by atoms with Crippen molar-refractivity contribution in [1.29, 1.82) is 0 Å². The van der Waals surface area contributed by atoms with E-state index in [9.17, 15) is 9.50 Å². The largest absolute Gasteiger partial charge is 0.508 e. The molecule has 0 aliphatic heterocycles. The van der Waals surface area contributed by atoms with Gasteiger partial charge in [0.2, 0.25) is 5.16 Å². The van der Waals surface area contributed by atoms with Gasteiger partial charge >= 0.3 is 0 Å². The number of ether oxygens (including phenoxy) is 1. The highest BCUT2D eigenvalue weighted by atomic mass is 32.2. The number of nitrogens with zero attached hydrogens (tertiary/aromatic N) is 4. The van der Waals surface area contributed by atoms with Gasteiger partial charge in [-0.1, -0.05) is 11.8 Å². The summed E-state index contributed by atoms with van der Waals surface area (Å²) in [6.07, 6.45) is 0.796. The van der Waals surface area contributed by atoms with Crippen LogP contribution in [0.1, 0.15) is 6.42 Å². The van der Waals surface area contributed by atoms with Crippen molar-refractivity contribution < 1.29 is 14.2 Å². The minimum atomic E-state index is -0.279. The molecule has 1 heterocycles. The van der Waals surface area contributed by atoms with Gasteiger partial charge in [0.25, 0.3) is 0 Å². The van der Waals surface area contributed by atoms with Crippen LogP contribution in [0, 0.1) is 5.82 Å². The van der Waals surface area contributed by atoms with Gasteiger partial charge in [-0.2, -0.15) is 4.68 Å². The molecule has 0 radical (unpaired) electrons. The summed E-state index contributed by atoms with van der Waals surface area (Å²) in [4.78, 5) is 0. The summed E-state index contributed by atoms with van der Waals surface area (Å²) < 4.78 is 20.0. The molecule has 0 bridgehead atoms. The number of thioether (sulfide) groups is 1. The van der Waals surface area contributed by atoms with Crippen LogP contribution in [-0.4, -0.2) is 37.7 Å². The Kier molecular flexibility index (Phi) is 5.27. The van der Waals surface area contributed by atoms with E-state index in [0.717, 1.165) is 17.9 Å². The fraction of sp³-hybridized carbons (Fsp3) is 0.188. The quantitative estimate of drug-likeness (QED) is 0.524. The van der Waals surface area contributed by atoms with Crippen molar-refractivity contribution in [3.8, 4) is 17.2 Å². The number of rotatable bonds is 7. The Bertz CT molecular complexity index is 778. The second-order valence-corrected chi connectivity index (χ2v) is 5.96. The Morgan fingerprint density at radius 3 is 2.58 bits per heavy atom. The van der Waals surface area contributed by atoms with E-state index in [-0.39, 0.29) is 11.6 Å². The molecule has 0 atom stereocenters. The first-order chi connectivity index (χ1) is 11.7. The molecule has 3 rings (SSSR count). The Labute approximate surface area is 142 Å². The molecule has 0 unspecified atom stereocenters. The minimum Gasteiger partial charge on any atom is -0.508 e. The minimum absolute atomic E-state index is 0.193. The van der Waals surface area contributed by atoms with Crippen LogP contribution in [0.25, 0.3) is 5.69 Å². The molecule has 0 aliphatic rings. The van der Waals surface area contributed by atoms with Crippen molar-refractivity contribution in [3.63, 3.8) is 0 Å². The molecule has 8 heteroatoms. The third-order valence-electron chi connectivity index (χ3n) is 3.14. The zero-order valence-corrected chi connectivity index (χ0v) is 13.5. The van der Waals surface area contributed by atoms with E-state index in [4.69, 9.17) is 4.74 Å². The summed E-state index contributed by atoms with van der Waals surface area (Å²) in [6, 6.07) is 12.6. The molecule has 1 N–H and O–H groups in total. The maximum atomic E-state index is 12.8. The van der Waals surface area contributed by atoms with Gasteiger partial charge in [0, 0.05) is 5.75 Å². The van der Waals surface area contributed by atoms with E-state index in [1.807, 2.05) is 0 Å². The Hall–Kier alpha value is -2.61. The van der Waals surface area contributed by atoms with Crippen LogP contribution in [0.15, 0.2) is 53.7 Å². The van der Waals surface area contributed by atoms with Crippen molar-refractivity contribution in [2.24, 2.45) is 0 Å². The normalized spacial score (nSPS) is 10.7. The van der Waals surface area contributed by atoms with Gasteiger partial charge in [0.05, 0.1) is 12.3 Å². The predicted octanol–water partition coefficient (Wildman–Crippen LogP) is 3.07. The first-order valence-electron chi connectivity index (χ1n) is 7.31. The van der Waals surface area contributed by atoms with Crippen molar-refractivity contribution in [3.05, 3.63) is 54.3 Å². The van der Waals surface area contributed by atoms with E-state index in [0.29, 0.717) is 17.5 Å². The lowest BCUT2D eigenvalue weighted by Crippen LogP contribution is -2.01. The highest BCUT2D eigenvalue weighted by Crippen LogP contribution is 2.20. The zero-order chi connectivity index (χ0) is 16.8. The number of aromatic nitrogens is 4. The number of halogens is 1. The lowest BCUT2D eigenvalue weighted by atomic mass is 10.3. The standard InChI is InChI=1S/C16H15FN4O2S/c17-12-2-8-15(9-3-12)23-10-1-11-24-16-18-19-20-21(16)13-4-6-14(22)7-5-13/h2-9,22H,1,10-11H2. The third-order valence-corrected chi connectivity index (χ3v) is 4.14. The number of hydrogen-bond acceptors (Lipinski definition) is 6. The van der Waals surface area contributed by atoms with Gasteiger partial charge in [-0.05, 0) is 65.4 Å². The topological polar surface area (TPSA) is 73.1 Å². The first-order valence-corrected chi connectivity index (χ1v) is 8.30. The Morgan fingerprint density at radius 2 is 1.83 bits per heavy atom. The average Bonchev–Trinajstić information content (AvgIpc) is 3.05. The maximum absolute atomic E-state index is 12.8. The molecule has 0 fully saturated rings. The summed E-state index contributed by atoms with van der Waals surface area (Å²) in [7, 11) is 0. The molecule has 1 aromatic heterocycles. The van der Waals surface area contributed by atoms with Gasteiger partial charge in [0.15, 0.2) is 0 Å². The van der Waals surface area contributed by atoms with Gasteiger partial charge in [-0.15, -0.1) is 5.10 Å². The smallest absolute Gasteiger partial charge is 0.214 e. The first kappa shape index (κ1) is 16.3. The maximum Gasteiger partial charge on any atom is 0.214 e. The van der Waals surface area contributed by atoms with E-state index in [1.165, 1.54) is 23.9 Å². The van der Waals surface area contributed by atoms with Crippen molar-refractivity contribution in [1.82, 2.24) is 20.2 Å². The van der Waals surface area contributed by atoms with E-state index in [2.05, 4.69) is 15.5 Å².